The van der Waals surface area contributed by atoms with Gasteiger partial charge in [0, 0.05) is 15.5 Å². The van der Waals surface area contributed by atoms with Crippen LogP contribution >= 0.6 is 22.9 Å². The van der Waals surface area contributed by atoms with Crippen molar-refractivity contribution in [2.45, 2.75) is 39.8 Å². The molecule has 0 aliphatic rings. The molecule has 0 saturated carbocycles. The zero-order chi connectivity index (χ0) is 24.2. The van der Waals surface area contributed by atoms with Crippen LogP contribution in [0.5, 0.6) is 0 Å². The molecule has 6 nitrogen and oxygen atoms in total. The van der Waals surface area contributed by atoms with Crippen molar-refractivity contribution < 1.29 is 19.1 Å². The molecule has 0 aliphatic heterocycles. The fourth-order valence-corrected chi connectivity index (χ4v) is 4.24. The van der Waals surface area contributed by atoms with E-state index in [0.29, 0.717) is 21.2 Å². The first-order valence-corrected chi connectivity index (χ1v) is 11.5. The average Bonchev–Trinajstić information content (AvgIpc) is 3.05. The van der Waals surface area contributed by atoms with Crippen molar-refractivity contribution in [3.8, 4) is 0 Å². The number of ketones is 1. The summed E-state index contributed by atoms with van der Waals surface area (Å²) >= 11 is 7.25. The average molecular weight is 485 g/mol. The number of amides is 2. The first-order chi connectivity index (χ1) is 15.6. The maximum atomic E-state index is 13.2. The van der Waals surface area contributed by atoms with E-state index in [4.69, 9.17) is 16.3 Å². The Kier molecular flexibility index (Phi) is 7.56. The van der Waals surface area contributed by atoms with Gasteiger partial charge < -0.3 is 15.4 Å². The number of aryl methyl sites for hydroxylation is 1. The predicted octanol–water partition coefficient (Wildman–Crippen LogP) is 5.89. The van der Waals surface area contributed by atoms with Crippen LogP contribution in [0.15, 0.2) is 54.6 Å². The number of carbonyl (C=O) groups excluding carboxylic acids is 3. The number of hydrogen-bond donors (Lipinski definition) is 2. The van der Waals surface area contributed by atoms with Crippen molar-refractivity contribution >= 4 is 45.7 Å². The maximum Gasteiger partial charge on any atom is 0.408 e. The minimum atomic E-state index is -1.28. The van der Waals surface area contributed by atoms with Crippen molar-refractivity contribution in [1.29, 1.82) is 0 Å². The van der Waals surface area contributed by atoms with E-state index in [2.05, 4.69) is 10.6 Å². The molecule has 0 bridgehead atoms. The van der Waals surface area contributed by atoms with Gasteiger partial charge in [-0.25, -0.2) is 4.79 Å². The Morgan fingerprint density at radius 1 is 1.00 bits per heavy atom. The Morgan fingerprint density at radius 2 is 1.64 bits per heavy atom. The summed E-state index contributed by atoms with van der Waals surface area (Å²) in [5, 5.41) is 6.37. The molecule has 2 aromatic carbocycles. The van der Waals surface area contributed by atoms with E-state index in [1.165, 1.54) is 11.3 Å². The first kappa shape index (κ1) is 24.5. The SMILES string of the molecule is Cc1sc(NC(=O)C(C)(C)NC(=O)OCc2ccccc2)c(C(=O)c2ccc(Cl)cc2)c1C. The fraction of sp³-hybridized carbons (Fsp3) is 0.240. The third kappa shape index (κ3) is 6.00. The highest BCUT2D eigenvalue weighted by Gasteiger charge is 2.32. The topological polar surface area (TPSA) is 84.5 Å². The van der Waals surface area contributed by atoms with E-state index < -0.39 is 17.5 Å². The molecule has 1 heterocycles. The molecule has 0 radical (unpaired) electrons. The van der Waals surface area contributed by atoms with E-state index in [0.717, 1.165) is 16.0 Å². The molecule has 172 valence electrons. The van der Waals surface area contributed by atoms with Crippen LogP contribution in [0.4, 0.5) is 9.80 Å². The van der Waals surface area contributed by atoms with E-state index in [9.17, 15) is 14.4 Å². The lowest BCUT2D eigenvalue weighted by Gasteiger charge is -2.24. The second-order valence-electron chi connectivity index (χ2n) is 8.09. The number of anilines is 1. The minimum Gasteiger partial charge on any atom is -0.445 e. The molecule has 3 rings (SSSR count). The number of thiophene rings is 1. The molecular weight excluding hydrogens is 460 g/mol. The first-order valence-electron chi connectivity index (χ1n) is 10.3. The van der Waals surface area contributed by atoms with Crippen LogP contribution in [-0.4, -0.2) is 23.3 Å². The Hall–Kier alpha value is -3.16. The van der Waals surface area contributed by atoms with Gasteiger partial charge in [-0.15, -0.1) is 11.3 Å². The van der Waals surface area contributed by atoms with Gasteiger partial charge >= 0.3 is 6.09 Å². The number of ether oxygens (including phenoxy) is 1. The quantitative estimate of drug-likeness (QED) is 0.409. The van der Waals surface area contributed by atoms with Crippen molar-refractivity contribution in [3.05, 3.63) is 86.8 Å². The van der Waals surface area contributed by atoms with Gasteiger partial charge in [-0.05, 0) is 63.1 Å². The summed E-state index contributed by atoms with van der Waals surface area (Å²) in [5.74, 6) is -0.678. The van der Waals surface area contributed by atoms with Crippen LogP contribution in [0.2, 0.25) is 5.02 Å². The van der Waals surface area contributed by atoms with Crippen LogP contribution in [0.1, 0.15) is 45.8 Å². The summed E-state index contributed by atoms with van der Waals surface area (Å²) in [6, 6.07) is 15.8. The van der Waals surface area contributed by atoms with Crippen molar-refractivity contribution in [2.24, 2.45) is 0 Å². The van der Waals surface area contributed by atoms with Crippen molar-refractivity contribution in [2.75, 3.05) is 5.32 Å². The fourth-order valence-electron chi connectivity index (χ4n) is 3.06. The van der Waals surface area contributed by atoms with E-state index in [1.54, 1.807) is 38.1 Å². The lowest BCUT2D eigenvalue weighted by molar-refractivity contribution is -0.121. The number of halogens is 1. The van der Waals surface area contributed by atoms with Gasteiger partial charge in [0.1, 0.15) is 17.1 Å². The zero-order valence-corrected chi connectivity index (χ0v) is 20.4. The highest BCUT2D eigenvalue weighted by molar-refractivity contribution is 7.16. The summed E-state index contributed by atoms with van der Waals surface area (Å²) in [4.78, 5) is 39.4. The van der Waals surface area contributed by atoms with Gasteiger partial charge in [-0.1, -0.05) is 41.9 Å². The standard InChI is InChI=1S/C25H25ClN2O4S/c1-15-16(2)33-22(20(15)21(29)18-10-12-19(26)13-11-18)27-23(30)25(3,4)28-24(31)32-14-17-8-6-5-7-9-17/h5-13H,14H2,1-4H3,(H,27,30)(H,28,31). The van der Waals surface area contributed by atoms with Crippen LogP contribution in [0, 0.1) is 13.8 Å². The van der Waals surface area contributed by atoms with Crippen LogP contribution in [0.3, 0.4) is 0 Å². The molecule has 0 unspecified atom stereocenters. The third-order valence-corrected chi connectivity index (χ3v) is 6.52. The number of carbonyl (C=O) groups is 3. The maximum absolute atomic E-state index is 13.2. The molecule has 0 saturated heterocycles. The van der Waals surface area contributed by atoms with Gasteiger partial charge in [0.2, 0.25) is 5.91 Å². The molecule has 8 heteroatoms. The highest BCUT2D eigenvalue weighted by atomic mass is 35.5. The third-order valence-electron chi connectivity index (χ3n) is 5.14. The molecule has 2 N–H and O–H groups in total. The smallest absolute Gasteiger partial charge is 0.408 e. The summed E-state index contributed by atoms with van der Waals surface area (Å²) in [5.41, 5.74) is 1.25. The molecule has 0 fully saturated rings. The lowest BCUT2D eigenvalue weighted by Crippen LogP contribution is -2.52. The largest absolute Gasteiger partial charge is 0.445 e. The van der Waals surface area contributed by atoms with Gasteiger partial charge in [0.05, 0.1) is 5.56 Å². The lowest BCUT2D eigenvalue weighted by atomic mass is 10.0. The van der Waals surface area contributed by atoms with Crippen LogP contribution < -0.4 is 10.6 Å². The van der Waals surface area contributed by atoms with Crippen molar-refractivity contribution in [1.82, 2.24) is 5.32 Å². The molecule has 3 aromatic rings. The number of rotatable bonds is 7. The summed E-state index contributed by atoms with van der Waals surface area (Å²) in [7, 11) is 0. The molecule has 0 aliphatic carbocycles. The van der Waals surface area contributed by atoms with Gasteiger partial charge in [0.25, 0.3) is 0 Å². The van der Waals surface area contributed by atoms with Crippen LogP contribution in [0.25, 0.3) is 0 Å². The van der Waals surface area contributed by atoms with E-state index >= 15 is 0 Å². The number of hydrogen-bond acceptors (Lipinski definition) is 5. The Labute approximate surface area is 201 Å². The summed E-state index contributed by atoms with van der Waals surface area (Å²) in [6.07, 6.45) is -0.713. The van der Waals surface area contributed by atoms with Crippen molar-refractivity contribution in [3.63, 3.8) is 0 Å². The monoisotopic (exact) mass is 484 g/mol. The number of nitrogens with one attached hydrogen (secondary N) is 2. The molecule has 1 aromatic heterocycles. The summed E-state index contributed by atoms with van der Waals surface area (Å²) in [6.45, 7) is 6.96. The number of benzene rings is 2. The number of alkyl carbamates (subject to hydrolysis) is 1. The van der Waals surface area contributed by atoms with Gasteiger partial charge in [-0.3, -0.25) is 9.59 Å². The molecule has 0 spiro atoms. The van der Waals surface area contributed by atoms with Gasteiger partial charge in [0.15, 0.2) is 5.78 Å². The minimum absolute atomic E-state index is 0.0907. The van der Waals surface area contributed by atoms with Crippen LogP contribution in [-0.2, 0) is 16.1 Å². The van der Waals surface area contributed by atoms with Gasteiger partial charge in [-0.2, -0.15) is 0 Å². The second-order valence-corrected chi connectivity index (χ2v) is 9.75. The molecular formula is C25H25ClN2O4S. The Balaban J connectivity index is 1.72. The predicted molar refractivity (Wildman–Crippen MR) is 131 cm³/mol. The normalized spacial score (nSPS) is 11.1. The second kappa shape index (κ2) is 10.2. The molecule has 33 heavy (non-hydrogen) atoms. The Morgan fingerprint density at radius 3 is 2.27 bits per heavy atom. The zero-order valence-electron chi connectivity index (χ0n) is 18.8. The Bertz CT molecular complexity index is 1170. The highest BCUT2D eigenvalue weighted by Crippen LogP contribution is 2.34. The molecule has 0 atom stereocenters. The van der Waals surface area contributed by atoms with E-state index in [-0.39, 0.29) is 12.4 Å². The van der Waals surface area contributed by atoms with E-state index in [1.807, 2.05) is 44.2 Å². The summed E-state index contributed by atoms with van der Waals surface area (Å²) < 4.78 is 5.22. The molecule has 2 amide bonds.